The summed E-state index contributed by atoms with van der Waals surface area (Å²) in [4.78, 5) is 20.3. The Morgan fingerprint density at radius 3 is 2.63 bits per heavy atom. The number of hydrogen-bond donors (Lipinski definition) is 2. The Balaban J connectivity index is 1.70. The van der Waals surface area contributed by atoms with E-state index in [1.165, 1.54) is 12.1 Å². The van der Waals surface area contributed by atoms with Gasteiger partial charge in [0, 0.05) is 37.8 Å². The van der Waals surface area contributed by atoms with Crippen LogP contribution in [0, 0.1) is 5.82 Å². The van der Waals surface area contributed by atoms with Crippen LogP contribution in [0.1, 0.15) is 41.4 Å². The molecule has 0 bridgehead atoms. The molecule has 0 saturated heterocycles. The molecule has 3 N–H and O–H groups in total. The standard InChI is InChI=1S/C27H31FN6O/c1-18(2)34-26-24(16-31-34)23(27(35)30-15-19-7-9-22(28)10-8-19)14-25(32-26)21-6-4-5-20(13-21)17-33(3)12-11-29/h4-10,13-14,16,18H,11-12,15,17,29H2,1-3H3,(H,30,35). The number of fused-ring (bicyclic) bond motifs is 1. The molecule has 182 valence electrons. The molecule has 0 spiro atoms. The lowest BCUT2D eigenvalue weighted by Crippen LogP contribution is -2.24. The third-order valence-electron chi connectivity index (χ3n) is 5.85. The highest BCUT2D eigenvalue weighted by atomic mass is 19.1. The molecular formula is C27H31FN6O. The lowest BCUT2D eigenvalue weighted by Gasteiger charge is -2.16. The average Bonchev–Trinajstić information content (AvgIpc) is 3.27. The van der Waals surface area contributed by atoms with E-state index in [1.807, 2.05) is 43.8 Å². The lowest BCUT2D eigenvalue weighted by atomic mass is 10.0. The molecule has 0 aliphatic rings. The summed E-state index contributed by atoms with van der Waals surface area (Å²) in [6, 6.07) is 16.2. The van der Waals surface area contributed by atoms with Crippen LogP contribution in [0.25, 0.3) is 22.3 Å². The van der Waals surface area contributed by atoms with E-state index in [0.29, 0.717) is 35.4 Å². The summed E-state index contributed by atoms with van der Waals surface area (Å²) in [6.45, 7) is 6.53. The lowest BCUT2D eigenvalue weighted by molar-refractivity contribution is 0.0952. The summed E-state index contributed by atoms with van der Waals surface area (Å²) in [5.41, 5.74) is 10.4. The highest BCUT2D eigenvalue weighted by Crippen LogP contribution is 2.27. The number of nitrogens with one attached hydrogen (secondary N) is 1. The predicted molar refractivity (Wildman–Crippen MR) is 136 cm³/mol. The Bertz CT molecular complexity index is 1320. The van der Waals surface area contributed by atoms with Crippen LogP contribution in [-0.4, -0.2) is 45.7 Å². The molecule has 0 fully saturated rings. The molecule has 2 aromatic carbocycles. The van der Waals surface area contributed by atoms with Gasteiger partial charge in [-0.2, -0.15) is 5.10 Å². The van der Waals surface area contributed by atoms with Crippen molar-refractivity contribution in [3.8, 4) is 11.3 Å². The number of carbonyl (C=O) groups is 1. The average molecular weight is 475 g/mol. The van der Waals surface area contributed by atoms with Crippen LogP contribution >= 0.6 is 0 Å². The van der Waals surface area contributed by atoms with Gasteiger partial charge in [0.15, 0.2) is 5.65 Å². The van der Waals surface area contributed by atoms with Gasteiger partial charge in [0.25, 0.3) is 5.91 Å². The van der Waals surface area contributed by atoms with E-state index in [1.54, 1.807) is 18.3 Å². The van der Waals surface area contributed by atoms with Gasteiger partial charge in [-0.15, -0.1) is 0 Å². The minimum atomic E-state index is -0.307. The minimum Gasteiger partial charge on any atom is -0.348 e. The van der Waals surface area contributed by atoms with Crippen molar-refractivity contribution in [2.24, 2.45) is 5.73 Å². The number of pyridine rings is 1. The number of rotatable bonds is 9. The molecule has 7 nitrogen and oxygen atoms in total. The highest BCUT2D eigenvalue weighted by molar-refractivity contribution is 6.06. The van der Waals surface area contributed by atoms with Gasteiger partial charge in [0.05, 0.1) is 22.8 Å². The Morgan fingerprint density at radius 1 is 1.14 bits per heavy atom. The maximum absolute atomic E-state index is 13.3. The summed E-state index contributed by atoms with van der Waals surface area (Å²) in [5.74, 6) is -0.539. The van der Waals surface area contributed by atoms with Gasteiger partial charge in [-0.3, -0.25) is 4.79 Å². The van der Waals surface area contributed by atoms with Gasteiger partial charge in [0.2, 0.25) is 0 Å². The molecule has 2 heterocycles. The topological polar surface area (TPSA) is 89.1 Å². The number of amides is 1. The van der Waals surface area contributed by atoms with Crippen LogP contribution in [0.4, 0.5) is 4.39 Å². The van der Waals surface area contributed by atoms with Crippen LogP contribution in [0.5, 0.6) is 0 Å². The fraction of sp³-hybridized carbons (Fsp3) is 0.296. The second kappa shape index (κ2) is 10.8. The molecule has 0 aliphatic heterocycles. The number of benzene rings is 2. The first-order chi connectivity index (χ1) is 16.9. The molecule has 0 saturated carbocycles. The molecular weight excluding hydrogens is 443 g/mol. The van der Waals surface area contributed by atoms with E-state index >= 15 is 0 Å². The summed E-state index contributed by atoms with van der Waals surface area (Å²) < 4.78 is 15.1. The van der Waals surface area contributed by atoms with Crippen LogP contribution in [0.15, 0.2) is 60.8 Å². The summed E-state index contributed by atoms with van der Waals surface area (Å²) in [5, 5.41) is 8.14. The molecule has 0 aliphatic carbocycles. The zero-order valence-corrected chi connectivity index (χ0v) is 20.3. The Hall–Kier alpha value is -3.62. The fourth-order valence-electron chi connectivity index (χ4n) is 4.05. The molecule has 8 heteroatoms. The Labute approximate surface area is 204 Å². The Morgan fingerprint density at radius 2 is 1.91 bits per heavy atom. The molecule has 0 unspecified atom stereocenters. The van der Waals surface area contributed by atoms with E-state index < -0.39 is 0 Å². The van der Waals surface area contributed by atoms with Crippen molar-refractivity contribution in [2.75, 3.05) is 20.1 Å². The summed E-state index contributed by atoms with van der Waals surface area (Å²) in [7, 11) is 2.04. The number of nitrogens with zero attached hydrogens (tertiary/aromatic N) is 4. The van der Waals surface area contributed by atoms with Gasteiger partial charge in [0.1, 0.15) is 5.82 Å². The largest absolute Gasteiger partial charge is 0.348 e. The van der Waals surface area contributed by atoms with Crippen molar-refractivity contribution in [3.63, 3.8) is 0 Å². The molecule has 35 heavy (non-hydrogen) atoms. The van der Waals surface area contributed by atoms with Crippen molar-refractivity contribution in [3.05, 3.63) is 83.3 Å². The van der Waals surface area contributed by atoms with Gasteiger partial charge < -0.3 is 16.0 Å². The first-order valence-corrected chi connectivity index (χ1v) is 11.7. The first-order valence-electron chi connectivity index (χ1n) is 11.7. The van der Waals surface area contributed by atoms with Gasteiger partial charge >= 0.3 is 0 Å². The number of carbonyl (C=O) groups excluding carboxylic acids is 1. The van der Waals surface area contributed by atoms with Crippen molar-refractivity contribution >= 4 is 16.9 Å². The normalized spacial score (nSPS) is 11.5. The van der Waals surface area contributed by atoms with Crippen molar-refractivity contribution in [1.82, 2.24) is 25.0 Å². The number of hydrogen-bond acceptors (Lipinski definition) is 5. The second-order valence-corrected chi connectivity index (χ2v) is 9.01. The van der Waals surface area contributed by atoms with Crippen LogP contribution in [0.2, 0.25) is 0 Å². The SMILES string of the molecule is CC(C)n1ncc2c(C(=O)NCc3ccc(F)cc3)cc(-c3cccc(CN(C)CCN)c3)nc21. The number of aromatic nitrogens is 3. The number of halogens is 1. The van der Waals surface area contributed by atoms with E-state index in [4.69, 9.17) is 10.7 Å². The number of nitrogens with two attached hydrogens (primary N) is 1. The third-order valence-corrected chi connectivity index (χ3v) is 5.85. The van der Waals surface area contributed by atoms with Gasteiger partial charge in [-0.1, -0.05) is 30.3 Å². The molecule has 1 amide bonds. The smallest absolute Gasteiger partial charge is 0.252 e. The second-order valence-electron chi connectivity index (χ2n) is 9.01. The third kappa shape index (κ3) is 5.72. The van der Waals surface area contributed by atoms with Crippen molar-refractivity contribution in [2.45, 2.75) is 33.0 Å². The minimum absolute atomic E-state index is 0.0848. The molecule has 2 aromatic heterocycles. The van der Waals surface area contributed by atoms with E-state index in [9.17, 15) is 9.18 Å². The van der Waals surface area contributed by atoms with Crippen molar-refractivity contribution < 1.29 is 9.18 Å². The Kier molecular flexibility index (Phi) is 7.53. The van der Waals surface area contributed by atoms with E-state index in [-0.39, 0.29) is 17.8 Å². The van der Waals surface area contributed by atoms with Gasteiger partial charge in [-0.05, 0) is 56.3 Å². The highest BCUT2D eigenvalue weighted by Gasteiger charge is 2.19. The molecule has 4 rings (SSSR count). The monoisotopic (exact) mass is 474 g/mol. The zero-order valence-electron chi connectivity index (χ0n) is 20.3. The van der Waals surface area contributed by atoms with Gasteiger partial charge in [-0.25, -0.2) is 14.1 Å². The number of likely N-dealkylation sites (N-methyl/N-ethyl adjacent to an activating group) is 1. The molecule has 0 radical (unpaired) electrons. The molecule has 4 aromatic rings. The van der Waals surface area contributed by atoms with E-state index in [2.05, 4.69) is 27.4 Å². The van der Waals surface area contributed by atoms with Crippen LogP contribution < -0.4 is 11.1 Å². The summed E-state index contributed by atoms with van der Waals surface area (Å²) in [6.07, 6.45) is 1.69. The molecule has 0 atom stereocenters. The van der Waals surface area contributed by atoms with Crippen LogP contribution in [0.3, 0.4) is 0 Å². The maximum atomic E-state index is 13.3. The maximum Gasteiger partial charge on any atom is 0.252 e. The van der Waals surface area contributed by atoms with E-state index in [0.717, 1.165) is 29.8 Å². The quantitative estimate of drug-likeness (QED) is 0.381. The zero-order chi connectivity index (χ0) is 24.9. The predicted octanol–water partition coefficient (Wildman–Crippen LogP) is 4.14. The first kappa shape index (κ1) is 24.5. The summed E-state index contributed by atoms with van der Waals surface area (Å²) >= 11 is 0. The van der Waals surface area contributed by atoms with Crippen molar-refractivity contribution in [1.29, 1.82) is 0 Å². The fourth-order valence-corrected chi connectivity index (χ4v) is 4.05. The van der Waals surface area contributed by atoms with Crippen LogP contribution in [-0.2, 0) is 13.1 Å².